The second-order valence-corrected chi connectivity index (χ2v) is 7.56. The van der Waals surface area contributed by atoms with E-state index in [2.05, 4.69) is 10.4 Å². The van der Waals surface area contributed by atoms with Crippen molar-refractivity contribution in [3.05, 3.63) is 70.0 Å². The minimum atomic E-state index is -0.902. The van der Waals surface area contributed by atoms with Gasteiger partial charge in [0.1, 0.15) is 11.5 Å². The van der Waals surface area contributed by atoms with E-state index in [1.54, 1.807) is 32.9 Å². The van der Waals surface area contributed by atoms with Crippen molar-refractivity contribution in [2.24, 2.45) is 5.41 Å². The molecular weight excluding hydrogens is 380 g/mol. The third kappa shape index (κ3) is 4.06. The number of halogens is 2. The van der Waals surface area contributed by atoms with Gasteiger partial charge in [-0.2, -0.15) is 5.10 Å². The molecule has 0 aliphatic heterocycles. The first-order valence-corrected chi connectivity index (χ1v) is 8.88. The molecule has 0 spiro atoms. The third-order valence-corrected chi connectivity index (χ3v) is 4.39. The average Bonchev–Trinajstić information content (AvgIpc) is 2.66. The summed E-state index contributed by atoms with van der Waals surface area (Å²) < 4.78 is 28.7. The summed E-state index contributed by atoms with van der Waals surface area (Å²) in [4.78, 5) is 37.4. The van der Waals surface area contributed by atoms with Crippen LogP contribution in [0.1, 0.15) is 31.3 Å². The molecule has 1 N–H and O–H groups in total. The number of hydrogen-bond acceptors (Lipinski definition) is 4. The largest absolute Gasteiger partial charge is 0.343 e. The van der Waals surface area contributed by atoms with Crippen LogP contribution in [0.25, 0.3) is 16.6 Å². The van der Waals surface area contributed by atoms with E-state index in [0.717, 1.165) is 10.7 Å². The smallest absolute Gasteiger partial charge is 0.276 e. The number of carbonyl (C=O) groups is 2. The fourth-order valence-corrected chi connectivity index (χ4v) is 2.67. The van der Waals surface area contributed by atoms with Crippen LogP contribution in [0.5, 0.6) is 0 Å². The van der Waals surface area contributed by atoms with Gasteiger partial charge in [-0.3, -0.25) is 14.4 Å². The number of fused-ring (bicyclic) bond motifs is 1. The van der Waals surface area contributed by atoms with Gasteiger partial charge in [-0.1, -0.05) is 32.9 Å². The van der Waals surface area contributed by atoms with Gasteiger partial charge in [0.15, 0.2) is 17.3 Å². The van der Waals surface area contributed by atoms with Crippen molar-refractivity contribution in [1.82, 2.24) is 15.1 Å². The van der Waals surface area contributed by atoms with Crippen LogP contribution in [0.4, 0.5) is 8.78 Å². The Morgan fingerprint density at radius 2 is 1.79 bits per heavy atom. The predicted octanol–water partition coefficient (Wildman–Crippen LogP) is 3.01. The molecule has 0 aliphatic carbocycles. The molecule has 0 saturated heterocycles. The summed E-state index contributed by atoms with van der Waals surface area (Å²) in [7, 11) is 0. The Hall–Kier alpha value is -3.42. The molecule has 0 fully saturated rings. The van der Waals surface area contributed by atoms with Crippen molar-refractivity contribution in [2.45, 2.75) is 20.8 Å². The minimum absolute atomic E-state index is 0.123. The highest BCUT2D eigenvalue weighted by molar-refractivity contribution is 5.98. The van der Waals surface area contributed by atoms with Gasteiger partial charge in [-0.05, 0) is 24.3 Å². The van der Waals surface area contributed by atoms with Gasteiger partial charge in [0, 0.05) is 11.5 Å². The molecule has 0 unspecified atom stereocenters. The Labute approximate surface area is 165 Å². The number of ketones is 1. The van der Waals surface area contributed by atoms with Crippen LogP contribution in [-0.2, 0) is 4.79 Å². The highest BCUT2D eigenvalue weighted by Gasteiger charge is 2.24. The summed E-state index contributed by atoms with van der Waals surface area (Å²) >= 11 is 0. The molecule has 8 heteroatoms. The van der Waals surface area contributed by atoms with Crippen molar-refractivity contribution >= 4 is 22.6 Å². The third-order valence-electron chi connectivity index (χ3n) is 4.39. The maximum atomic E-state index is 14.4. The SMILES string of the molecule is CC(C)(C)C(=O)CNC(=O)c1nn(-c2ccc(F)cc2F)c2ccccc2c1=O. The Bertz CT molecular complexity index is 1180. The second kappa shape index (κ2) is 7.54. The first-order valence-electron chi connectivity index (χ1n) is 8.88. The summed E-state index contributed by atoms with van der Waals surface area (Å²) in [6.45, 7) is 4.85. The zero-order chi connectivity index (χ0) is 21.3. The molecule has 1 heterocycles. The topological polar surface area (TPSA) is 81.1 Å². The molecule has 3 rings (SSSR count). The van der Waals surface area contributed by atoms with Crippen molar-refractivity contribution < 1.29 is 18.4 Å². The van der Waals surface area contributed by atoms with Crippen LogP contribution >= 0.6 is 0 Å². The standard InChI is InChI=1S/C21H19F2N3O3/c1-21(2,3)17(27)11-24-20(29)18-19(28)13-6-4-5-7-15(13)26(25-18)16-9-8-12(22)10-14(16)23/h4-10H,11H2,1-3H3,(H,24,29). The van der Waals surface area contributed by atoms with E-state index in [9.17, 15) is 23.2 Å². The number of nitrogens with one attached hydrogen (secondary N) is 1. The minimum Gasteiger partial charge on any atom is -0.343 e. The maximum absolute atomic E-state index is 14.4. The highest BCUT2D eigenvalue weighted by Crippen LogP contribution is 2.19. The van der Waals surface area contributed by atoms with Crippen molar-refractivity contribution in [1.29, 1.82) is 0 Å². The number of Topliss-reactive ketones (excluding diaryl/α,β-unsaturated/α-hetero) is 1. The Kier molecular flexibility index (Phi) is 5.28. The summed E-state index contributed by atoms with van der Waals surface area (Å²) in [5.41, 5.74) is -1.68. The number of benzene rings is 2. The molecule has 1 amide bonds. The van der Waals surface area contributed by atoms with E-state index in [1.807, 2.05) is 0 Å². The molecule has 0 radical (unpaired) electrons. The monoisotopic (exact) mass is 399 g/mol. The van der Waals surface area contributed by atoms with Crippen LogP contribution in [0.15, 0.2) is 47.3 Å². The lowest BCUT2D eigenvalue weighted by Gasteiger charge is -2.17. The number of carbonyl (C=O) groups excluding carboxylic acids is 2. The molecule has 150 valence electrons. The lowest BCUT2D eigenvalue weighted by atomic mass is 9.91. The summed E-state index contributed by atoms with van der Waals surface area (Å²) in [6, 6.07) is 9.15. The first kappa shape index (κ1) is 20.3. The summed E-state index contributed by atoms with van der Waals surface area (Å²) in [5, 5.41) is 6.55. The summed E-state index contributed by atoms with van der Waals surface area (Å²) in [5.74, 6) is -2.75. The molecule has 0 bridgehead atoms. The van der Waals surface area contributed by atoms with E-state index >= 15 is 0 Å². The number of amides is 1. The predicted molar refractivity (Wildman–Crippen MR) is 104 cm³/mol. The van der Waals surface area contributed by atoms with E-state index in [4.69, 9.17) is 0 Å². The summed E-state index contributed by atoms with van der Waals surface area (Å²) in [6.07, 6.45) is 0. The first-order chi connectivity index (χ1) is 13.6. The molecule has 0 saturated carbocycles. The van der Waals surface area contributed by atoms with Gasteiger partial charge < -0.3 is 5.32 Å². The second-order valence-electron chi connectivity index (χ2n) is 7.56. The lowest BCUT2D eigenvalue weighted by molar-refractivity contribution is -0.125. The normalized spacial score (nSPS) is 11.5. The molecule has 1 aromatic heterocycles. The van der Waals surface area contributed by atoms with E-state index in [-0.39, 0.29) is 28.9 Å². The number of para-hydroxylation sites is 1. The lowest BCUT2D eigenvalue weighted by Crippen LogP contribution is -2.38. The van der Waals surface area contributed by atoms with Crippen molar-refractivity contribution in [3.63, 3.8) is 0 Å². The van der Waals surface area contributed by atoms with Gasteiger partial charge in [-0.25, -0.2) is 13.5 Å². The van der Waals surface area contributed by atoms with E-state index in [1.165, 1.54) is 18.2 Å². The maximum Gasteiger partial charge on any atom is 0.276 e. The molecular formula is C21H19F2N3O3. The quantitative estimate of drug-likeness (QED) is 0.731. The number of nitrogens with zero attached hydrogens (tertiary/aromatic N) is 2. The molecule has 0 aliphatic rings. The zero-order valence-corrected chi connectivity index (χ0v) is 16.1. The van der Waals surface area contributed by atoms with Crippen LogP contribution in [0.2, 0.25) is 0 Å². The van der Waals surface area contributed by atoms with Crippen LogP contribution in [0.3, 0.4) is 0 Å². The van der Waals surface area contributed by atoms with Gasteiger partial charge in [0.25, 0.3) is 5.91 Å². The van der Waals surface area contributed by atoms with E-state index in [0.29, 0.717) is 6.07 Å². The Morgan fingerprint density at radius 3 is 2.45 bits per heavy atom. The van der Waals surface area contributed by atoms with E-state index < -0.39 is 34.1 Å². The zero-order valence-electron chi connectivity index (χ0n) is 16.1. The molecule has 29 heavy (non-hydrogen) atoms. The fraction of sp³-hybridized carbons (Fsp3) is 0.238. The van der Waals surface area contributed by atoms with Crippen LogP contribution < -0.4 is 10.7 Å². The van der Waals surface area contributed by atoms with Crippen LogP contribution in [-0.4, -0.2) is 28.0 Å². The van der Waals surface area contributed by atoms with Gasteiger partial charge >= 0.3 is 0 Å². The number of rotatable bonds is 4. The highest BCUT2D eigenvalue weighted by atomic mass is 19.1. The number of aromatic nitrogens is 2. The fourth-order valence-electron chi connectivity index (χ4n) is 2.67. The Morgan fingerprint density at radius 1 is 1.10 bits per heavy atom. The van der Waals surface area contributed by atoms with Gasteiger partial charge in [0.05, 0.1) is 17.4 Å². The number of hydrogen-bond donors (Lipinski definition) is 1. The van der Waals surface area contributed by atoms with Crippen molar-refractivity contribution in [3.8, 4) is 5.69 Å². The average molecular weight is 399 g/mol. The molecule has 6 nitrogen and oxygen atoms in total. The molecule has 2 aromatic carbocycles. The molecule has 0 atom stereocenters. The van der Waals surface area contributed by atoms with Gasteiger partial charge in [0.2, 0.25) is 5.43 Å². The Balaban J connectivity index is 2.12. The van der Waals surface area contributed by atoms with Crippen molar-refractivity contribution in [2.75, 3.05) is 6.54 Å². The van der Waals surface area contributed by atoms with Gasteiger partial charge in [-0.15, -0.1) is 0 Å². The molecule has 3 aromatic rings. The van der Waals surface area contributed by atoms with Crippen LogP contribution in [0, 0.1) is 17.0 Å².